The molecule has 0 aliphatic heterocycles. The number of hydrogen-bond donors (Lipinski definition) is 6. The standard InChI is InChI=1S/C37H48ClN3O9S2/c1-2-3-4-11-34(43)41(36(44,45)37(46,47)52(48,49)25-42)20-7-8-21-51-28-14-15-32(38)26(22-28)23-40-35(17-18-35)31-24-39-19-16-29(31)30-9-5-6-10-33(30)50-27-12-13-27/h5-6,9-10,14-16,19,22,24,27,40,42,44-47H,2-4,7-8,11-13,17-18,20-21,23,25H2,1H3. The molecule has 52 heavy (non-hydrogen) atoms. The summed E-state index contributed by atoms with van der Waals surface area (Å²) < 4.78 is 30.4. The van der Waals surface area contributed by atoms with Crippen LogP contribution in [0, 0.1) is 0 Å². The summed E-state index contributed by atoms with van der Waals surface area (Å²) in [6, 6.07) is 15.9. The lowest BCUT2D eigenvalue weighted by atomic mass is 9.94. The molecule has 0 spiro atoms. The van der Waals surface area contributed by atoms with Gasteiger partial charge in [0.2, 0.25) is 15.7 Å². The number of para-hydroxylation sites is 1. The van der Waals surface area contributed by atoms with Gasteiger partial charge in [-0.2, -0.15) is 0 Å². The summed E-state index contributed by atoms with van der Waals surface area (Å²) >= 11 is 8.18. The zero-order valence-electron chi connectivity index (χ0n) is 29.2. The van der Waals surface area contributed by atoms with Crippen LogP contribution >= 0.6 is 23.4 Å². The van der Waals surface area contributed by atoms with Crippen LogP contribution in [0.25, 0.3) is 11.1 Å². The van der Waals surface area contributed by atoms with Crippen molar-refractivity contribution in [2.24, 2.45) is 0 Å². The Bertz CT molecular complexity index is 1800. The molecule has 5 rings (SSSR count). The molecule has 2 saturated carbocycles. The van der Waals surface area contributed by atoms with Crippen molar-refractivity contribution in [1.29, 1.82) is 0 Å². The fourth-order valence-corrected chi connectivity index (χ4v) is 7.89. The number of carbonyl (C=O) groups is 1. The molecular weight excluding hydrogens is 730 g/mol. The highest BCUT2D eigenvalue weighted by Crippen LogP contribution is 2.50. The normalized spacial score (nSPS) is 15.8. The first-order valence-electron chi connectivity index (χ1n) is 17.7. The molecule has 0 saturated heterocycles. The number of pyridine rings is 1. The highest BCUT2D eigenvalue weighted by molar-refractivity contribution is 7.99. The van der Waals surface area contributed by atoms with E-state index in [1.807, 2.05) is 61.8 Å². The molecule has 6 N–H and O–H groups in total. The molecule has 1 aromatic heterocycles. The van der Waals surface area contributed by atoms with E-state index < -0.39 is 32.7 Å². The van der Waals surface area contributed by atoms with Crippen LogP contribution in [0.1, 0.15) is 82.3 Å². The van der Waals surface area contributed by atoms with Crippen molar-refractivity contribution in [3.8, 4) is 16.9 Å². The number of rotatable bonds is 21. The molecule has 15 heteroatoms. The minimum atomic E-state index is -5.24. The monoisotopic (exact) mass is 777 g/mol. The molecule has 1 amide bonds. The highest BCUT2D eigenvalue weighted by atomic mass is 35.5. The maximum Gasteiger partial charge on any atom is 0.348 e. The van der Waals surface area contributed by atoms with Crippen molar-refractivity contribution in [1.82, 2.24) is 15.2 Å². The third-order valence-corrected chi connectivity index (χ3v) is 12.4. The van der Waals surface area contributed by atoms with E-state index in [1.54, 1.807) is 0 Å². The number of nitrogens with zero attached hydrogens (tertiary/aromatic N) is 2. The summed E-state index contributed by atoms with van der Waals surface area (Å²) in [4.78, 5) is 18.7. The van der Waals surface area contributed by atoms with Gasteiger partial charge in [0.05, 0.1) is 6.10 Å². The van der Waals surface area contributed by atoms with Crippen molar-refractivity contribution < 1.29 is 43.5 Å². The number of nitrogens with one attached hydrogen (secondary N) is 1. The van der Waals surface area contributed by atoms with E-state index in [9.17, 15) is 33.6 Å². The average Bonchev–Trinajstić information content (AvgIpc) is 4.07. The van der Waals surface area contributed by atoms with Gasteiger partial charge in [0.1, 0.15) is 5.75 Å². The van der Waals surface area contributed by atoms with Crippen LogP contribution in [0.15, 0.2) is 65.8 Å². The number of thioether (sulfide) groups is 1. The van der Waals surface area contributed by atoms with Crippen LogP contribution < -0.4 is 10.1 Å². The van der Waals surface area contributed by atoms with Crippen LogP contribution in [0.3, 0.4) is 0 Å². The van der Waals surface area contributed by atoms with Crippen LogP contribution in [0.2, 0.25) is 5.02 Å². The van der Waals surface area contributed by atoms with Gasteiger partial charge in [-0.05, 0) is 97.7 Å². The molecule has 1 heterocycles. The summed E-state index contributed by atoms with van der Waals surface area (Å²) in [6.07, 6.45) is 10.4. The van der Waals surface area contributed by atoms with Gasteiger partial charge >= 0.3 is 11.0 Å². The summed E-state index contributed by atoms with van der Waals surface area (Å²) in [6.45, 7) is 2.07. The molecule has 0 radical (unpaired) electrons. The fourth-order valence-electron chi connectivity index (χ4n) is 6.03. The Balaban J connectivity index is 1.20. The molecule has 2 aromatic carbocycles. The summed E-state index contributed by atoms with van der Waals surface area (Å²) in [7, 11) is -5.24. The van der Waals surface area contributed by atoms with Gasteiger partial charge in [-0.15, -0.1) is 11.8 Å². The maximum absolute atomic E-state index is 12.9. The third kappa shape index (κ3) is 9.28. The lowest BCUT2D eigenvalue weighted by Crippen LogP contribution is -2.69. The van der Waals surface area contributed by atoms with Gasteiger partial charge in [-0.3, -0.25) is 14.7 Å². The lowest BCUT2D eigenvalue weighted by molar-refractivity contribution is -0.369. The van der Waals surface area contributed by atoms with Crippen LogP contribution in [-0.4, -0.2) is 85.1 Å². The van der Waals surface area contributed by atoms with Gasteiger partial charge in [-0.1, -0.05) is 49.6 Å². The number of ether oxygens (including phenoxy) is 1. The largest absolute Gasteiger partial charge is 0.490 e. The number of aliphatic hydroxyl groups is 5. The van der Waals surface area contributed by atoms with Crippen LogP contribution in [0.5, 0.6) is 5.75 Å². The Morgan fingerprint density at radius 1 is 1.06 bits per heavy atom. The number of unbranched alkanes of at least 4 members (excludes halogenated alkanes) is 3. The molecule has 0 atom stereocenters. The molecule has 2 aliphatic carbocycles. The summed E-state index contributed by atoms with van der Waals surface area (Å²) in [5, 5.41) is 51.0. The van der Waals surface area contributed by atoms with E-state index in [0.29, 0.717) is 41.5 Å². The molecule has 0 unspecified atom stereocenters. The Hall–Kier alpha value is -2.79. The third-order valence-electron chi connectivity index (χ3n) is 9.47. The highest BCUT2D eigenvalue weighted by Gasteiger charge is 2.62. The zero-order valence-corrected chi connectivity index (χ0v) is 31.6. The van der Waals surface area contributed by atoms with Gasteiger partial charge < -0.3 is 35.6 Å². The minimum absolute atomic E-state index is 0.159. The number of aliphatic hydroxyl groups excluding tert-OH is 1. The summed E-state index contributed by atoms with van der Waals surface area (Å²) in [5.41, 5.74) is 3.92. The van der Waals surface area contributed by atoms with Gasteiger partial charge in [0.25, 0.3) is 0 Å². The summed E-state index contributed by atoms with van der Waals surface area (Å²) in [5.74, 6) is -5.09. The van der Waals surface area contributed by atoms with Crippen molar-refractivity contribution in [2.75, 3.05) is 18.2 Å². The molecule has 12 nitrogen and oxygen atoms in total. The first kappa shape index (κ1) is 40.4. The number of amides is 1. The van der Waals surface area contributed by atoms with E-state index in [4.69, 9.17) is 21.4 Å². The van der Waals surface area contributed by atoms with E-state index in [-0.39, 0.29) is 31.0 Å². The second-order valence-corrected chi connectivity index (χ2v) is 17.1. The molecule has 0 bridgehead atoms. The van der Waals surface area contributed by atoms with Crippen LogP contribution in [0.4, 0.5) is 0 Å². The number of carbonyl (C=O) groups excluding carboxylic acids is 1. The van der Waals surface area contributed by atoms with Gasteiger partial charge in [0.15, 0.2) is 5.94 Å². The number of benzene rings is 2. The van der Waals surface area contributed by atoms with Crippen molar-refractivity contribution >= 4 is 39.1 Å². The topological polar surface area (TPSA) is 190 Å². The Labute approximate surface area is 314 Å². The van der Waals surface area contributed by atoms with Crippen molar-refractivity contribution in [3.05, 3.63) is 77.1 Å². The van der Waals surface area contributed by atoms with Crippen molar-refractivity contribution in [3.63, 3.8) is 0 Å². The van der Waals surface area contributed by atoms with Crippen molar-refractivity contribution in [2.45, 2.75) is 105 Å². The van der Waals surface area contributed by atoms with E-state index in [1.165, 1.54) is 11.8 Å². The van der Waals surface area contributed by atoms with Gasteiger partial charge in [0, 0.05) is 52.9 Å². The Morgan fingerprint density at radius 3 is 2.50 bits per heavy atom. The molecule has 3 aromatic rings. The molecular formula is C37H48ClN3O9S2. The predicted molar refractivity (Wildman–Crippen MR) is 199 cm³/mol. The SMILES string of the molecule is CCCCCC(=O)N(CCCCSc1ccc(Cl)c(CNC2(c3cnccc3-c3ccccc3OC3CC3)CC2)c1)C(O)(O)C(O)(O)S(=O)(=O)CO. The number of halogens is 1. The average molecular weight is 778 g/mol. The molecule has 2 aliphatic rings. The maximum atomic E-state index is 12.9. The smallest absolute Gasteiger partial charge is 0.348 e. The number of aromatic nitrogens is 1. The predicted octanol–water partition coefficient (Wildman–Crippen LogP) is 4.64. The first-order chi connectivity index (χ1) is 24.8. The fraction of sp³-hybridized carbons (Fsp3) is 0.514. The zero-order chi connectivity index (χ0) is 37.6. The minimum Gasteiger partial charge on any atom is -0.490 e. The number of hydrogen-bond acceptors (Lipinski definition) is 12. The first-order valence-corrected chi connectivity index (χ1v) is 20.7. The van der Waals surface area contributed by atoms with E-state index in [2.05, 4.69) is 16.4 Å². The second kappa shape index (κ2) is 17.1. The quantitative estimate of drug-likeness (QED) is 0.0500. The van der Waals surface area contributed by atoms with E-state index in [0.717, 1.165) is 65.0 Å². The van der Waals surface area contributed by atoms with Gasteiger partial charge in [-0.25, -0.2) is 8.42 Å². The molecule has 2 fully saturated rings. The number of sulfone groups is 1. The Kier molecular flexibility index (Phi) is 13.3. The molecule has 284 valence electrons. The van der Waals surface area contributed by atoms with Crippen LogP contribution in [-0.2, 0) is 26.7 Å². The Morgan fingerprint density at radius 2 is 1.81 bits per heavy atom. The lowest BCUT2D eigenvalue weighted by Gasteiger charge is -2.41. The second-order valence-electron chi connectivity index (χ2n) is 13.5. The van der Waals surface area contributed by atoms with E-state index >= 15 is 0 Å².